The third-order valence-corrected chi connectivity index (χ3v) is 4.87. The zero-order valence-electron chi connectivity index (χ0n) is 11.9. The van der Waals surface area contributed by atoms with Gasteiger partial charge in [0.15, 0.2) is 0 Å². The summed E-state index contributed by atoms with van der Waals surface area (Å²) >= 11 is 0. The molecule has 1 saturated carbocycles. The average molecular weight is 243 g/mol. The second-order valence-corrected chi connectivity index (χ2v) is 7.16. The third kappa shape index (κ3) is 2.21. The summed E-state index contributed by atoms with van der Waals surface area (Å²) in [4.78, 5) is 0. The topological polar surface area (TPSA) is 12.0 Å². The lowest BCUT2D eigenvalue weighted by Crippen LogP contribution is -2.48. The van der Waals surface area contributed by atoms with Gasteiger partial charge in [0.1, 0.15) is 0 Å². The minimum absolute atomic E-state index is 0.269. The highest BCUT2D eigenvalue weighted by Gasteiger charge is 2.35. The molecule has 98 valence electrons. The van der Waals surface area contributed by atoms with Crippen LogP contribution in [0.15, 0.2) is 24.3 Å². The number of hydrogen-bond acceptors (Lipinski definition) is 1. The Balaban J connectivity index is 1.81. The molecule has 18 heavy (non-hydrogen) atoms. The van der Waals surface area contributed by atoms with Gasteiger partial charge in [-0.05, 0) is 54.2 Å². The molecule has 2 heterocycles. The van der Waals surface area contributed by atoms with Crippen molar-refractivity contribution in [2.75, 3.05) is 6.54 Å². The van der Waals surface area contributed by atoms with Crippen LogP contribution >= 0.6 is 0 Å². The van der Waals surface area contributed by atoms with Gasteiger partial charge in [-0.15, -0.1) is 0 Å². The minimum atomic E-state index is 0.269. The molecule has 0 aromatic heterocycles. The molecule has 1 aliphatic carbocycles. The van der Waals surface area contributed by atoms with E-state index in [1.54, 1.807) is 5.56 Å². The van der Waals surface area contributed by atoms with Crippen LogP contribution in [0, 0.1) is 5.92 Å². The number of piperidine rings is 2. The van der Waals surface area contributed by atoms with Gasteiger partial charge in [-0.25, -0.2) is 0 Å². The van der Waals surface area contributed by atoms with Crippen molar-refractivity contribution in [3.63, 3.8) is 0 Å². The molecule has 3 atom stereocenters. The van der Waals surface area contributed by atoms with Gasteiger partial charge in [0, 0.05) is 6.04 Å². The first kappa shape index (κ1) is 12.2. The van der Waals surface area contributed by atoms with Crippen LogP contribution in [-0.4, -0.2) is 12.6 Å². The van der Waals surface area contributed by atoms with Crippen molar-refractivity contribution in [1.82, 2.24) is 5.32 Å². The fourth-order valence-corrected chi connectivity index (χ4v) is 3.62. The Morgan fingerprint density at radius 1 is 1.06 bits per heavy atom. The molecule has 0 radical (unpaired) electrons. The third-order valence-electron chi connectivity index (χ3n) is 4.87. The van der Waals surface area contributed by atoms with Gasteiger partial charge in [0.05, 0.1) is 0 Å². The van der Waals surface area contributed by atoms with E-state index in [0.717, 1.165) is 17.9 Å². The zero-order chi connectivity index (χ0) is 12.8. The first-order valence-corrected chi connectivity index (χ1v) is 7.38. The number of nitrogens with one attached hydrogen (secondary N) is 1. The molecule has 3 aliphatic rings. The van der Waals surface area contributed by atoms with Crippen LogP contribution < -0.4 is 5.32 Å². The summed E-state index contributed by atoms with van der Waals surface area (Å²) in [6, 6.07) is 10.2. The normalized spacial score (nSPS) is 31.6. The molecule has 2 aliphatic heterocycles. The van der Waals surface area contributed by atoms with Crippen LogP contribution in [0.3, 0.4) is 0 Å². The maximum Gasteiger partial charge on any atom is 0.00732 e. The highest BCUT2D eigenvalue weighted by molar-refractivity contribution is 5.30. The average Bonchev–Trinajstić information content (AvgIpc) is 2.39. The Hall–Kier alpha value is -0.820. The molecule has 2 bridgehead atoms. The van der Waals surface area contributed by atoms with E-state index in [0.29, 0.717) is 0 Å². The van der Waals surface area contributed by atoms with Gasteiger partial charge < -0.3 is 5.32 Å². The van der Waals surface area contributed by atoms with Crippen LogP contribution in [0.1, 0.15) is 57.1 Å². The molecule has 1 aromatic carbocycles. The summed E-state index contributed by atoms with van der Waals surface area (Å²) in [7, 11) is 0. The zero-order valence-corrected chi connectivity index (χ0v) is 11.9. The molecule has 3 unspecified atom stereocenters. The fraction of sp³-hybridized carbons (Fsp3) is 0.647. The summed E-state index contributed by atoms with van der Waals surface area (Å²) in [6.45, 7) is 8.09. The van der Waals surface area contributed by atoms with Crippen molar-refractivity contribution >= 4 is 0 Å². The summed E-state index contributed by atoms with van der Waals surface area (Å²) in [5.74, 6) is 1.68. The van der Waals surface area contributed by atoms with E-state index in [4.69, 9.17) is 0 Å². The van der Waals surface area contributed by atoms with Crippen LogP contribution in [0.5, 0.6) is 0 Å². The summed E-state index contributed by atoms with van der Waals surface area (Å²) in [6.07, 6.45) is 4.16. The lowest BCUT2D eigenvalue weighted by atomic mass is 9.70. The van der Waals surface area contributed by atoms with Gasteiger partial charge in [0.25, 0.3) is 0 Å². The van der Waals surface area contributed by atoms with Crippen molar-refractivity contribution in [1.29, 1.82) is 0 Å². The number of rotatable bonds is 1. The van der Waals surface area contributed by atoms with E-state index < -0.39 is 0 Å². The smallest absolute Gasteiger partial charge is 0.00732 e. The van der Waals surface area contributed by atoms with E-state index in [9.17, 15) is 0 Å². The highest BCUT2D eigenvalue weighted by Crippen LogP contribution is 2.41. The van der Waals surface area contributed by atoms with Crippen molar-refractivity contribution < 1.29 is 0 Å². The Morgan fingerprint density at radius 2 is 1.78 bits per heavy atom. The molecule has 1 aromatic rings. The first-order chi connectivity index (χ1) is 8.54. The summed E-state index contributed by atoms with van der Waals surface area (Å²) in [5, 5.41) is 3.65. The van der Waals surface area contributed by atoms with E-state index in [1.165, 1.54) is 31.4 Å². The number of hydrogen-bond donors (Lipinski definition) is 1. The van der Waals surface area contributed by atoms with Crippen molar-refractivity contribution in [2.24, 2.45) is 5.92 Å². The Kier molecular flexibility index (Phi) is 2.97. The minimum Gasteiger partial charge on any atom is -0.314 e. The van der Waals surface area contributed by atoms with Crippen LogP contribution in [0.25, 0.3) is 0 Å². The van der Waals surface area contributed by atoms with Gasteiger partial charge in [0.2, 0.25) is 0 Å². The fourth-order valence-electron chi connectivity index (χ4n) is 3.62. The van der Waals surface area contributed by atoms with Crippen LogP contribution in [-0.2, 0) is 5.41 Å². The maximum atomic E-state index is 3.65. The molecular weight excluding hydrogens is 218 g/mol. The highest BCUT2D eigenvalue weighted by atomic mass is 14.9. The predicted molar refractivity (Wildman–Crippen MR) is 77.0 cm³/mol. The van der Waals surface area contributed by atoms with E-state index >= 15 is 0 Å². The van der Waals surface area contributed by atoms with E-state index in [2.05, 4.69) is 50.4 Å². The number of benzene rings is 1. The van der Waals surface area contributed by atoms with E-state index in [1.807, 2.05) is 0 Å². The summed E-state index contributed by atoms with van der Waals surface area (Å²) in [5.41, 5.74) is 3.29. The molecule has 0 amide bonds. The van der Waals surface area contributed by atoms with Gasteiger partial charge in [-0.1, -0.05) is 45.0 Å². The Morgan fingerprint density at radius 3 is 2.22 bits per heavy atom. The lowest BCUT2D eigenvalue weighted by molar-refractivity contribution is 0.180. The van der Waals surface area contributed by atoms with Crippen LogP contribution in [0.4, 0.5) is 0 Å². The predicted octanol–water partition coefficient (Wildman–Crippen LogP) is 3.84. The second kappa shape index (κ2) is 4.38. The van der Waals surface area contributed by atoms with E-state index in [-0.39, 0.29) is 5.41 Å². The summed E-state index contributed by atoms with van der Waals surface area (Å²) < 4.78 is 0. The Bertz CT molecular complexity index is 404. The molecule has 1 heteroatoms. The van der Waals surface area contributed by atoms with Gasteiger partial charge in [-0.2, -0.15) is 0 Å². The monoisotopic (exact) mass is 243 g/mol. The molecule has 2 saturated heterocycles. The van der Waals surface area contributed by atoms with Crippen molar-refractivity contribution in [2.45, 2.75) is 57.4 Å². The Labute approximate surface area is 111 Å². The van der Waals surface area contributed by atoms with Crippen molar-refractivity contribution in [3.05, 3.63) is 35.4 Å². The quantitative estimate of drug-likeness (QED) is 0.790. The molecule has 1 nitrogen and oxygen atoms in total. The van der Waals surface area contributed by atoms with Crippen LogP contribution in [0.2, 0.25) is 0 Å². The van der Waals surface area contributed by atoms with Gasteiger partial charge >= 0.3 is 0 Å². The maximum absolute atomic E-state index is 3.65. The van der Waals surface area contributed by atoms with Gasteiger partial charge in [-0.3, -0.25) is 0 Å². The lowest BCUT2D eigenvalue weighted by Gasteiger charge is -2.43. The molecular formula is C17H25N. The second-order valence-electron chi connectivity index (χ2n) is 7.16. The number of fused-ring (bicyclic) bond motifs is 3. The standard InChI is InChI=1S/C17H25N/c1-17(2,3)14-7-4-12(5-8-14)16-10-15-9-6-13(16)11-18-15/h4-5,7-8,13,15-16,18H,6,9-11H2,1-3H3. The molecule has 0 spiro atoms. The van der Waals surface area contributed by atoms with Crippen molar-refractivity contribution in [3.8, 4) is 0 Å². The molecule has 1 N–H and O–H groups in total. The first-order valence-electron chi connectivity index (χ1n) is 7.38. The SMILES string of the molecule is CC(C)(C)c1ccc(C2CC3CCC2CN3)cc1. The largest absolute Gasteiger partial charge is 0.314 e. The molecule has 4 rings (SSSR count). The molecule has 3 fully saturated rings.